The van der Waals surface area contributed by atoms with Gasteiger partial charge in [-0.05, 0) is 23.3 Å². The fraction of sp³-hybridized carbons (Fsp3) is 0.100. The number of hydrogen-bond acceptors (Lipinski definition) is 4. The van der Waals surface area contributed by atoms with E-state index < -0.39 is 20.7 Å². The molecule has 1 aromatic carbocycles. The maximum absolute atomic E-state index is 11.8. The summed E-state index contributed by atoms with van der Waals surface area (Å²) >= 11 is 0. The summed E-state index contributed by atoms with van der Waals surface area (Å²) in [5.41, 5.74) is 6.48. The highest BCUT2D eigenvalue weighted by Gasteiger charge is 2.34. The minimum absolute atomic E-state index is 0.0212. The molecule has 5 nitrogen and oxygen atoms in total. The molecule has 0 aliphatic carbocycles. The van der Waals surface area contributed by atoms with Gasteiger partial charge in [0.2, 0.25) is 9.84 Å². The van der Waals surface area contributed by atoms with E-state index in [1.807, 2.05) is 0 Å². The fourth-order valence-corrected chi connectivity index (χ4v) is 3.15. The third-order valence-corrected chi connectivity index (χ3v) is 4.25. The van der Waals surface area contributed by atoms with Gasteiger partial charge in [0.25, 0.3) is 0 Å². The Hall–Kier alpha value is -1.66. The molecule has 1 aromatic rings. The van der Waals surface area contributed by atoms with Crippen molar-refractivity contribution in [2.45, 2.75) is 11.4 Å². The van der Waals surface area contributed by atoms with Gasteiger partial charge in [-0.3, -0.25) is 0 Å². The van der Waals surface area contributed by atoms with Crippen molar-refractivity contribution in [1.29, 1.82) is 0 Å². The van der Waals surface area contributed by atoms with Gasteiger partial charge in [0.05, 0.1) is 4.90 Å². The fourth-order valence-electron chi connectivity index (χ4n) is 1.67. The molecule has 0 radical (unpaired) electrons. The molecular formula is C10H9NO4S. The first-order valence-electron chi connectivity index (χ1n) is 4.50. The summed E-state index contributed by atoms with van der Waals surface area (Å²) in [6.07, 6.45) is 1.16. The molecule has 0 bridgehead atoms. The van der Waals surface area contributed by atoms with Crippen molar-refractivity contribution in [3.8, 4) is 0 Å². The monoisotopic (exact) mass is 239 g/mol. The van der Waals surface area contributed by atoms with E-state index in [1.54, 1.807) is 12.1 Å². The molecule has 0 spiro atoms. The van der Waals surface area contributed by atoms with Crippen molar-refractivity contribution in [1.82, 2.24) is 0 Å². The Morgan fingerprint density at radius 2 is 2.06 bits per heavy atom. The quantitative estimate of drug-likeness (QED) is 0.776. The van der Waals surface area contributed by atoms with Gasteiger partial charge < -0.3 is 10.8 Å². The molecule has 16 heavy (non-hydrogen) atoms. The van der Waals surface area contributed by atoms with Crippen LogP contribution in [0.25, 0.3) is 6.08 Å². The average molecular weight is 239 g/mol. The van der Waals surface area contributed by atoms with E-state index in [9.17, 15) is 13.2 Å². The molecule has 1 heterocycles. The van der Waals surface area contributed by atoms with Crippen LogP contribution >= 0.6 is 0 Å². The third-order valence-electron chi connectivity index (χ3n) is 2.44. The Bertz CT molecular complexity index is 601. The number of rotatable bonds is 2. The second-order valence-corrected chi connectivity index (χ2v) is 5.24. The number of carboxylic acid groups (broad SMARTS) is 1. The van der Waals surface area contributed by atoms with E-state index in [1.165, 1.54) is 6.07 Å². The number of hydrogen-bond donors (Lipinski definition) is 2. The lowest BCUT2D eigenvalue weighted by Crippen LogP contribution is -2.09. The SMILES string of the molecule is NCc1cccc2c1C=C(C(=O)O)S2(=O)=O. The van der Waals surface area contributed by atoms with Crippen molar-refractivity contribution in [3.05, 3.63) is 34.2 Å². The first-order chi connectivity index (χ1) is 7.48. The predicted molar refractivity (Wildman–Crippen MR) is 57.1 cm³/mol. The minimum Gasteiger partial charge on any atom is -0.477 e. The smallest absolute Gasteiger partial charge is 0.347 e. The van der Waals surface area contributed by atoms with Crippen LogP contribution in [0, 0.1) is 0 Å². The van der Waals surface area contributed by atoms with Crippen LogP contribution in [-0.2, 0) is 21.2 Å². The molecule has 2 rings (SSSR count). The molecule has 0 saturated carbocycles. The summed E-state index contributed by atoms with van der Waals surface area (Å²) in [5.74, 6) is -1.45. The number of fused-ring (bicyclic) bond motifs is 1. The molecule has 0 aromatic heterocycles. The maximum atomic E-state index is 11.8. The summed E-state index contributed by atoms with van der Waals surface area (Å²) in [5, 5.41) is 8.81. The first kappa shape index (κ1) is 10.8. The van der Waals surface area contributed by atoms with Crippen molar-refractivity contribution >= 4 is 21.9 Å². The highest BCUT2D eigenvalue weighted by molar-refractivity contribution is 7.96. The second kappa shape index (κ2) is 3.43. The van der Waals surface area contributed by atoms with Crippen LogP contribution in [0.4, 0.5) is 0 Å². The van der Waals surface area contributed by atoms with Crippen LogP contribution in [0.15, 0.2) is 28.0 Å². The highest BCUT2D eigenvalue weighted by atomic mass is 32.2. The number of benzene rings is 1. The standard InChI is InChI=1S/C10H9NO4S/c11-5-6-2-1-3-8-7(6)4-9(10(12)13)16(8,14)15/h1-4H,5,11H2,(H,12,13). The molecule has 0 unspecified atom stereocenters. The second-order valence-electron chi connectivity index (χ2n) is 3.35. The van der Waals surface area contributed by atoms with Crippen molar-refractivity contribution in [3.63, 3.8) is 0 Å². The van der Waals surface area contributed by atoms with Gasteiger partial charge in [-0.2, -0.15) is 0 Å². The zero-order valence-electron chi connectivity index (χ0n) is 8.17. The van der Waals surface area contributed by atoms with Crippen LogP contribution in [0.1, 0.15) is 11.1 Å². The van der Waals surface area contributed by atoms with E-state index >= 15 is 0 Å². The van der Waals surface area contributed by atoms with Crippen LogP contribution in [-0.4, -0.2) is 19.5 Å². The van der Waals surface area contributed by atoms with Gasteiger partial charge in [0.15, 0.2) is 4.91 Å². The van der Waals surface area contributed by atoms with Crippen LogP contribution in [0.2, 0.25) is 0 Å². The summed E-state index contributed by atoms with van der Waals surface area (Å²) in [6.45, 7) is 0.169. The van der Waals surface area contributed by atoms with E-state index in [4.69, 9.17) is 10.8 Å². The lowest BCUT2D eigenvalue weighted by Gasteiger charge is -2.03. The van der Waals surface area contributed by atoms with Crippen molar-refractivity contribution in [2.75, 3.05) is 0 Å². The Morgan fingerprint density at radius 1 is 1.38 bits per heavy atom. The summed E-state index contributed by atoms with van der Waals surface area (Å²) < 4.78 is 23.6. The molecule has 3 N–H and O–H groups in total. The first-order valence-corrected chi connectivity index (χ1v) is 5.99. The van der Waals surface area contributed by atoms with E-state index in [-0.39, 0.29) is 11.4 Å². The topological polar surface area (TPSA) is 97.5 Å². The lowest BCUT2D eigenvalue weighted by molar-refractivity contribution is -0.131. The molecule has 1 aliphatic rings. The van der Waals surface area contributed by atoms with Gasteiger partial charge in [0, 0.05) is 6.54 Å². The van der Waals surface area contributed by atoms with Gasteiger partial charge in [-0.1, -0.05) is 12.1 Å². The normalized spacial score (nSPS) is 16.7. The number of carbonyl (C=O) groups is 1. The molecular weight excluding hydrogens is 230 g/mol. The van der Waals surface area contributed by atoms with Gasteiger partial charge in [-0.15, -0.1) is 0 Å². The van der Waals surface area contributed by atoms with E-state index in [2.05, 4.69) is 0 Å². The number of sulfone groups is 1. The Morgan fingerprint density at radius 3 is 2.62 bits per heavy atom. The molecule has 6 heteroatoms. The van der Waals surface area contributed by atoms with Crippen molar-refractivity contribution < 1.29 is 18.3 Å². The molecule has 0 atom stereocenters. The Balaban J connectivity index is 2.77. The number of aliphatic carboxylic acids is 1. The van der Waals surface area contributed by atoms with E-state index in [0.29, 0.717) is 11.1 Å². The summed E-state index contributed by atoms with van der Waals surface area (Å²) in [4.78, 5) is 10.2. The Kier molecular flexibility index (Phi) is 2.32. The third kappa shape index (κ3) is 1.35. The molecule has 1 aliphatic heterocycles. The highest BCUT2D eigenvalue weighted by Crippen LogP contribution is 2.34. The maximum Gasteiger partial charge on any atom is 0.347 e. The van der Waals surface area contributed by atoms with Gasteiger partial charge in [-0.25, -0.2) is 13.2 Å². The molecule has 84 valence electrons. The minimum atomic E-state index is -3.87. The van der Waals surface area contributed by atoms with Crippen LogP contribution < -0.4 is 5.73 Å². The summed E-state index contributed by atoms with van der Waals surface area (Å²) in [6, 6.07) is 4.61. The van der Waals surface area contributed by atoms with Crippen LogP contribution in [0.5, 0.6) is 0 Å². The number of carboxylic acids is 1. The van der Waals surface area contributed by atoms with Crippen LogP contribution in [0.3, 0.4) is 0 Å². The number of nitrogens with two attached hydrogens (primary N) is 1. The molecule has 0 saturated heterocycles. The van der Waals surface area contributed by atoms with Gasteiger partial charge in [0.1, 0.15) is 0 Å². The van der Waals surface area contributed by atoms with Crippen molar-refractivity contribution in [2.24, 2.45) is 5.73 Å². The molecule has 0 amide bonds. The largest absolute Gasteiger partial charge is 0.477 e. The zero-order valence-corrected chi connectivity index (χ0v) is 8.99. The van der Waals surface area contributed by atoms with E-state index in [0.717, 1.165) is 6.08 Å². The summed E-state index contributed by atoms with van der Waals surface area (Å²) in [7, 11) is -3.87. The predicted octanol–water partition coefficient (Wildman–Crippen LogP) is 0.358. The Labute approximate surface area is 92.1 Å². The zero-order chi connectivity index (χ0) is 11.9. The molecule has 0 fully saturated rings. The van der Waals surface area contributed by atoms with Gasteiger partial charge >= 0.3 is 5.97 Å². The average Bonchev–Trinajstić information content (AvgIpc) is 2.51. The lowest BCUT2D eigenvalue weighted by atomic mass is 10.1.